The van der Waals surface area contributed by atoms with E-state index in [0.717, 1.165) is 112 Å². The minimum atomic E-state index is 0.653. The number of hydrogen-bond donors (Lipinski definition) is 0. The highest BCUT2D eigenvalue weighted by Crippen LogP contribution is 2.53. The van der Waals surface area contributed by atoms with Crippen LogP contribution in [0.4, 0.5) is 0 Å². The first-order valence-electron chi connectivity index (χ1n) is 41.9. The molecule has 5 aromatic heterocycles. The highest BCUT2D eigenvalue weighted by molar-refractivity contribution is 6.21. The fraction of sp³-hybridized carbons (Fsp3) is 0. The average Bonchev–Trinajstić information content (AvgIpc) is 1.56. The molecule has 0 unspecified atom stereocenters. The second-order valence-corrected chi connectivity index (χ2v) is 32.3. The minimum Gasteiger partial charge on any atom is -0.309 e. The average molecular weight is 1550 g/mol. The zero-order chi connectivity index (χ0) is 80.0. The van der Waals surface area contributed by atoms with Gasteiger partial charge < -0.3 is 18.3 Å². The Hall–Kier alpha value is -16.3. The molecule has 25 rings (SSSR count). The van der Waals surface area contributed by atoms with Crippen molar-refractivity contribution in [2.75, 3.05) is 0 Å². The maximum atomic E-state index is 5.86. The molecular weight excluding hydrogens is 1480 g/mol. The van der Waals surface area contributed by atoms with Crippen molar-refractivity contribution in [3.8, 4) is 146 Å². The van der Waals surface area contributed by atoms with Gasteiger partial charge in [0.2, 0.25) is 0 Å². The van der Waals surface area contributed by atoms with Crippen LogP contribution >= 0.6 is 0 Å². The van der Waals surface area contributed by atoms with Crippen LogP contribution in [0.1, 0.15) is 0 Å². The molecule has 5 heterocycles. The monoisotopic (exact) mass is 1550 g/mol. The topological polar surface area (TPSA) is 45.5 Å². The third-order valence-electron chi connectivity index (χ3n) is 25.5. The number of benzene rings is 19. The lowest BCUT2D eigenvalue weighted by molar-refractivity contribution is 1.16. The SMILES string of the molecule is c1ccc(-c2ccc3c(c2)c2cc(-c4ccc5c(c4)c4cc(-c6ccccc6)ccc4n5-c4ccc(-c5nc(-c6cccc(-n7c8ccc(-c9ccccc9)cc8c8cc(-c9ccc%10c(c9)c9cc(-c%11ccccc%11)ccc9n%10-c9ccccc9)ccc87)c6)c6c(n5)-c5cccc7c(-c8ccccc8)ccc-6c57)cc4)ccc2n3-c2ccccc2)cc1. The van der Waals surface area contributed by atoms with Gasteiger partial charge in [0.05, 0.1) is 55.5 Å². The van der Waals surface area contributed by atoms with E-state index in [1.165, 1.54) is 126 Å². The van der Waals surface area contributed by atoms with Crippen molar-refractivity contribution in [1.29, 1.82) is 0 Å². The second-order valence-electron chi connectivity index (χ2n) is 32.3. The fourth-order valence-electron chi connectivity index (χ4n) is 19.8. The quantitative estimate of drug-likeness (QED) is 0.115. The molecular formula is C116H72N6. The van der Waals surface area contributed by atoms with Crippen LogP contribution in [0.2, 0.25) is 0 Å². The molecule has 19 aromatic carbocycles. The normalized spacial score (nSPS) is 11.9. The highest BCUT2D eigenvalue weighted by Gasteiger charge is 2.31. The molecule has 0 saturated carbocycles. The maximum Gasteiger partial charge on any atom is 0.160 e. The van der Waals surface area contributed by atoms with Gasteiger partial charge in [-0.3, -0.25) is 0 Å². The molecule has 0 amide bonds. The summed E-state index contributed by atoms with van der Waals surface area (Å²) >= 11 is 0. The van der Waals surface area contributed by atoms with Crippen LogP contribution in [0.5, 0.6) is 0 Å². The Bertz CT molecular complexity index is 8370. The summed E-state index contributed by atoms with van der Waals surface area (Å²) in [5.74, 6) is 0.653. The van der Waals surface area contributed by atoms with E-state index in [0.29, 0.717) is 5.82 Å². The van der Waals surface area contributed by atoms with Gasteiger partial charge in [0.15, 0.2) is 5.82 Å². The molecule has 0 saturated heterocycles. The number of fused-ring (bicyclic) bond motifs is 15. The van der Waals surface area contributed by atoms with Crippen LogP contribution in [-0.4, -0.2) is 28.2 Å². The van der Waals surface area contributed by atoms with Gasteiger partial charge >= 0.3 is 0 Å². The van der Waals surface area contributed by atoms with Crippen LogP contribution in [0.3, 0.4) is 0 Å². The Morgan fingerprint density at radius 1 is 0.148 bits per heavy atom. The standard InChI is InChI=1S/C116H72N6/c1-8-24-73(25-9-1)79-44-56-104-96(65-79)100-69-83(48-60-106(100)119(104)88-35-18-6-19-36-88)85-50-62-109-102(71-85)98-67-81(75-28-12-3-13-29-75)46-58-108(98)121(109)90-52-42-78(43-53-90)116-117-114(113-94-55-54-92(77-32-16-5-17-33-77)93-40-23-41-95(112(93)94)115(113)118-116)87-34-22-39-91(64-87)122-110-59-47-82(76-30-14-4-15-31-76)68-99(110)103-72-86(51-63-111(103)122)84-49-61-107-101(70-84)97-66-80(74-26-10-2-11-27-74)45-57-105(97)120(107)89-37-20-7-21-38-89/h1-72H. The molecule has 0 fully saturated rings. The number of nitrogens with zero attached hydrogens (tertiary/aromatic N) is 6. The van der Waals surface area contributed by atoms with E-state index in [1.54, 1.807) is 0 Å². The Labute approximate surface area is 703 Å². The van der Waals surface area contributed by atoms with Crippen molar-refractivity contribution in [2.24, 2.45) is 0 Å². The molecule has 0 spiro atoms. The Morgan fingerprint density at radius 2 is 0.418 bits per heavy atom. The van der Waals surface area contributed by atoms with Crippen LogP contribution in [0.15, 0.2) is 437 Å². The van der Waals surface area contributed by atoms with Gasteiger partial charge in [-0.15, -0.1) is 0 Å². The van der Waals surface area contributed by atoms with Gasteiger partial charge in [0.25, 0.3) is 0 Å². The Morgan fingerprint density at radius 3 is 0.779 bits per heavy atom. The summed E-state index contributed by atoms with van der Waals surface area (Å²) in [6, 6.07) is 161. The van der Waals surface area contributed by atoms with Crippen LogP contribution < -0.4 is 0 Å². The van der Waals surface area contributed by atoms with E-state index in [1.807, 2.05) is 0 Å². The molecule has 0 aliphatic heterocycles. The molecule has 6 heteroatoms. The molecule has 0 N–H and O–H groups in total. The molecule has 0 radical (unpaired) electrons. The van der Waals surface area contributed by atoms with Gasteiger partial charge in [0, 0.05) is 88.1 Å². The largest absolute Gasteiger partial charge is 0.309 e. The third kappa shape index (κ3) is 11.0. The van der Waals surface area contributed by atoms with Crippen LogP contribution in [-0.2, 0) is 0 Å². The lowest BCUT2D eigenvalue weighted by atomic mass is 9.93. The molecule has 24 aromatic rings. The smallest absolute Gasteiger partial charge is 0.160 e. The maximum absolute atomic E-state index is 5.86. The van der Waals surface area contributed by atoms with Crippen molar-refractivity contribution in [2.45, 2.75) is 0 Å². The van der Waals surface area contributed by atoms with Gasteiger partial charge in [-0.05, 0) is 252 Å². The minimum absolute atomic E-state index is 0.653. The van der Waals surface area contributed by atoms with Crippen molar-refractivity contribution in [3.05, 3.63) is 437 Å². The van der Waals surface area contributed by atoms with Crippen LogP contribution in [0.25, 0.3) is 244 Å². The Balaban J connectivity index is 0.635. The predicted molar refractivity (Wildman–Crippen MR) is 510 cm³/mol. The van der Waals surface area contributed by atoms with E-state index in [2.05, 4.69) is 455 Å². The van der Waals surface area contributed by atoms with Crippen LogP contribution in [0, 0.1) is 0 Å². The van der Waals surface area contributed by atoms with E-state index in [9.17, 15) is 0 Å². The first-order chi connectivity index (χ1) is 60.5. The first-order valence-corrected chi connectivity index (χ1v) is 41.9. The summed E-state index contributed by atoms with van der Waals surface area (Å²) in [4.78, 5) is 11.6. The zero-order valence-corrected chi connectivity index (χ0v) is 66.3. The molecule has 1 aliphatic rings. The summed E-state index contributed by atoms with van der Waals surface area (Å²) in [5.41, 5.74) is 36.9. The van der Waals surface area contributed by atoms with Gasteiger partial charge in [-0.1, -0.05) is 279 Å². The molecule has 0 bridgehead atoms. The molecule has 0 atom stereocenters. The molecule has 6 nitrogen and oxygen atoms in total. The fourth-order valence-corrected chi connectivity index (χ4v) is 19.8. The van der Waals surface area contributed by atoms with E-state index < -0.39 is 0 Å². The van der Waals surface area contributed by atoms with Gasteiger partial charge in [-0.2, -0.15) is 0 Å². The second kappa shape index (κ2) is 27.7. The molecule has 122 heavy (non-hydrogen) atoms. The molecule has 1 aliphatic carbocycles. The lowest BCUT2D eigenvalue weighted by Gasteiger charge is -2.15. The van der Waals surface area contributed by atoms with Crippen molar-refractivity contribution >= 4 is 98.0 Å². The van der Waals surface area contributed by atoms with Crippen molar-refractivity contribution in [1.82, 2.24) is 28.2 Å². The van der Waals surface area contributed by atoms with Gasteiger partial charge in [0.1, 0.15) is 0 Å². The summed E-state index contributed by atoms with van der Waals surface area (Å²) in [5, 5.41) is 11.9. The summed E-state index contributed by atoms with van der Waals surface area (Å²) in [6.07, 6.45) is 0. The number of para-hydroxylation sites is 2. The van der Waals surface area contributed by atoms with E-state index >= 15 is 0 Å². The van der Waals surface area contributed by atoms with E-state index in [-0.39, 0.29) is 0 Å². The van der Waals surface area contributed by atoms with Crippen molar-refractivity contribution in [3.63, 3.8) is 0 Å². The lowest BCUT2D eigenvalue weighted by Crippen LogP contribution is -2.00. The first kappa shape index (κ1) is 68.9. The van der Waals surface area contributed by atoms with Gasteiger partial charge in [-0.25, -0.2) is 9.97 Å². The summed E-state index contributed by atoms with van der Waals surface area (Å²) in [7, 11) is 0. The Kier molecular flexibility index (Phi) is 15.6. The predicted octanol–water partition coefficient (Wildman–Crippen LogP) is 30.7. The number of rotatable bonds is 13. The number of hydrogen-bond acceptors (Lipinski definition) is 2. The highest BCUT2D eigenvalue weighted by atomic mass is 15.0. The molecule has 566 valence electrons. The summed E-state index contributed by atoms with van der Waals surface area (Å²) in [6.45, 7) is 0. The van der Waals surface area contributed by atoms with Crippen molar-refractivity contribution < 1.29 is 0 Å². The zero-order valence-electron chi connectivity index (χ0n) is 66.3. The van der Waals surface area contributed by atoms with E-state index in [4.69, 9.17) is 9.97 Å². The summed E-state index contributed by atoms with van der Waals surface area (Å²) < 4.78 is 9.71. The third-order valence-corrected chi connectivity index (χ3v) is 25.5. The number of aromatic nitrogens is 6.